The lowest BCUT2D eigenvalue weighted by Crippen LogP contribution is -2.27. The highest BCUT2D eigenvalue weighted by molar-refractivity contribution is 5.96. The van der Waals surface area contributed by atoms with Crippen LogP contribution in [0.2, 0.25) is 0 Å². The summed E-state index contributed by atoms with van der Waals surface area (Å²) in [4.78, 5) is 36.6. The van der Waals surface area contributed by atoms with Gasteiger partial charge in [0, 0.05) is 60.6 Å². The summed E-state index contributed by atoms with van der Waals surface area (Å²) in [6.45, 7) is 11.7. The minimum absolute atomic E-state index is 0.0109. The summed E-state index contributed by atoms with van der Waals surface area (Å²) in [6, 6.07) is 21.6. The number of pyridine rings is 2. The molecule has 0 spiro atoms. The summed E-state index contributed by atoms with van der Waals surface area (Å²) in [7, 11) is 0. The van der Waals surface area contributed by atoms with Gasteiger partial charge in [-0.1, -0.05) is 75.6 Å². The number of anilines is 2. The SMILES string of the molecule is CC1(C)CC(=O)N(c2ccc(C#Cc3cccc(F)c3)cn2)C1.Cc1cc(C#Cc2ccccc2)cnc1N1CC(C)(C)CC1=O. The standard InChI is InChI=1S/C20H20N2O.C19H17FN2O/c1-15-11-17(10-9-16-7-5-4-6-8-16)13-21-19(15)22-14-20(2,3)12-18(22)23;1-19(2)11-18(23)22(13-19)17-9-8-15(12-21-17)7-6-14-4-3-5-16(20)10-14/h4-8,11,13H,12,14H2,1-3H3;3-5,8-10,12H,11,13H2,1-2H3. The van der Waals surface area contributed by atoms with Crippen LogP contribution in [-0.2, 0) is 9.59 Å². The van der Waals surface area contributed by atoms with Gasteiger partial charge in [-0.3, -0.25) is 19.4 Å². The van der Waals surface area contributed by atoms with Gasteiger partial charge in [0.15, 0.2) is 0 Å². The van der Waals surface area contributed by atoms with Crippen molar-refractivity contribution in [1.29, 1.82) is 0 Å². The van der Waals surface area contributed by atoms with E-state index in [4.69, 9.17) is 0 Å². The van der Waals surface area contributed by atoms with Gasteiger partial charge in [0.25, 0.3) is 0 Å². The smallest absolute Gasteiger partial charge is 0.228 e. The topological polar surface area (TPSA) is 66.4 Å². The van der Waals surface area contributed by atoms with Gasteiger partial charge >= 0.3 is 0 Å². The summed E-state index contributed by atoms with van der Waals surface area (Å²) >= 11 is 0. The van der Waals surface area contributed by atoms with Crippen molar-refractivity contribution in [3.05, 3.63) is 119 Å². The lowest BCUT2D eigenvalue weighted by molar-refractivity contribution is -0.118. The first kappa shape index (κ1) is 32.1. The number of hydrogen-bond acceptors (Lipinski definition) is 4. The van der Waals surface area contributed by atoms with E-state index >= 15 is 0 Å². The summed E-state index contributed by atoms with van der Waals surface area (Å²) < 4.78 is 13.1. The molecule has 4 heterocycles. The molecular weight excluding hydrogens is 575 g/mol. The molecule has 6 nitrogen and oxygen atoms in total. The predicted octanol–water partition coefficient (Wildman–Crippen LogP) is 6.94. The van der Waals surface area contributed by atoms with E-state index in [-0.39, 0.29) is 28.5 Å². The van der Waals surface area contributed by atoms with Gasteiger partial charge < -0.3 is 0 Å². The zero-order chi connectivity index (χ0) is 32.9. The van der Waals surface area contributed by atoms with Crippen LogP contribution >= 0.6 is 0 Å². The van der Waals surface area contributed by atoms with E-state index in [0.717, 1.165) is 28.1 Å². The molecule has 0 aliphatic carbocycles. The van der Waals surface area contributed by atoms with Crippen molar-refractivity contribution in [2.45, 2.75) is 47.5 Å². The first-order valence-corrected chi connectivity index (χ1v) is 15.3. The Kier molecular flexibility index (Phi) is 9.35. The Hall–Kier alpha value is -5.27. The van der Waals surface area contributed by atoms with E-state index in [0.29, 0.717) is 37.3 Å². The van der Waals surface area contributed by atoms with Crippen LogP contribution in [0.3, 0.4) is 0 Å². The largest absolute Gasteiger partial charge is 0.296 e. The molecule has 46 heavy (non-hydrogen) atoms. The molecule has 4 aromatic rings. The van der Waals surface area contributed by atoms with Crippen LogP contribution in [0.15, 0.2) is 85.2 Å². The van der Waals surface area contributed by atoms with Crippen LogP contribution in [0.4, 0.5) is 16.0 Å². The molecule has 2 aliphatic rings. The maximum atomic E-state index is 13.1. The van der Waals surface area contributed by atoms with Crippen molar-refractivity contribution in [1.82, 2.24) is 9.97 Å². The van der Waals surface area contributed by atoms with Gasteiger partial charge in [-0.25, -0.2) is 14.4 Å². The van der Waals surface area contributed by atoms with Gasteiger partial charge in [0.05, 0.1) is 0 Å². The van der Waals surface area contributed by atoms with Crippen LogP contribution in [0.1, 0.15) is 68.4 Å². The van der Waals surface area contributed by atoms with Crippen LogP contribution in [0.25, 0.3) is 0 Å². The van der Waals surface area contributed by atoms with E-state index in [1.165, 1.54) is 12.1 Å². The third-order valence-corrected chi connectivity index (χ3v) is 7.67. The molecule has 0 unspecified atom stereocenters. The molecule has 0 radical (unpaired) electrons. The lowest BCUT2D eigenvalue weighted by atomic mass is 9.93. The number of amides is 2. The fourth-order valence-electron chi connectivity index (χ4n) is 5.47. The van der Waals surface area contributed by atoms with Crippen molar-refractivity contribution >= 4 is 23.5 Å². The average molecular weight is 613 g/mol. The Morgan fingerprint density at radius 3 is 1.83 bits per heavy atom. The second kappa shape index (κ2) is 13.4. The third kappa shape index (κ3) is 8.25. The number of aromatic nitrogens is 2. The van der Waals surface area contributed by atoms with Crippen molar-refractivity contribution in [3.8, 4) is 23.7 Å². The first-order chi connectivity index (χ1) is 21.9. The number of benzene rings is 2. The van der Waals surface area contributed by atoms with Crippen molar-refractivity contribution < 1.29 is 14.0 Å². The van der Waals surface area contributed by atoms with Crippen LogP contribution in [0, 0.1) is 47.3 Å². The highest BCUT2D eigenvalue weighted by atomic mass is 19.1. The van der Waals surface area contributed by atoms with Gasteiger partial charge in [-0.2, -0.15) is 0 Å². The molecule has 0 N–H and O–H groups in total. The highest BCUT2D eigenvalue weighted by Gasteiger charge is 2.38. The second-order valence-electron chi connectivity index (χ2n) is 13.3. The van der Waals surface area contributed by atoms with Crippen LogP contribution in [0.5, 0.6) is 0 Å². The van der Waals surface area contributed by atoms with Crippen LogP contribution < -0.4 is 9.80 Å². The minimum Gasteiger partial charge on any atom is -0.296 e. The number of carbonyl (C=O) groups excluding carboxylic acids is 2. The maximum absolute atomic E-state index is 13.1. The summed E-state index contributed by atoms with van der Waals surface area (Å²) in [5.74, 6) is 13.5. The van der Waals surface area contributed by atoms with Crippen molar-refractivity contribution in [3.63, 3.8) is 0 Å². The summed E-state index contributed by atoms with van der Waals surface area (Å²) in [5.41, 5.74) is 4.16. The first-order valence-electron chi connectivity index (χ1n) is 15.3. The monoisotopic (exact) mass is 612 g/mol. The quantitative estimate of drug-likeness (QED) is 0.230. The summed E-state index contributed by atoms with van der Waals surface area (Å²) in [6.07, 6.45) is 4.50. The highest BCUT2D eigenvalue weighted by Crippen LogP contribution is 2.34. The Balaban J connectivity index is 0.000000181. The number of nitrogens with zero attached hydrogens (tertiary/aromatic N) is 4. The fourth-order valence-corrected chi connectivity index (χ4v) is 5.47. The molecule has 2 aromatic heterocycles. The van der Waals surface area contributed by atoms with Crippen molar-refractivity contribution in [2.24, 2.45) is 10.8 Å². The normalized spacial score (nSPS) is 16.1. The minimum atomic E-state index is -0.305. The van der Waals surface area contributed by atoms with Gasteiger partial charge in [-0.05, 0) is 71.8 Å². The zero-order valence-electron chi connectivity index (χ0n) is 26.9. The molecule has 2 aliphatic heterocycles. The van der Waals surface area contributed by atoms with E-state index in [1.54, 1.807) is 40.4 Å². The lowest BCUT2D eigenvalue weighted by Gasteiger charge is -2.20. The van der Waals surface area contributed by atoms with E-state index in [2.05, 4.69) is 61.3 Å². The Morgan fingerprint density at radius 2 is 1.24 bits per heavy atom. The van der Waals surface area contributed by atoms with Gasteiger partial charge in [0.1, 0.15) is 17.5 Å². The van der Waals surface area contributed by atoms with Gasteiger partial charge in [-0.15, -0.1) is 0 Å². The van der Waals surface area contributed by atoms with Gasteiger partial charge in [0.2, 0.25) is 11.8 Å². The molecule has 2 amide bonds. The predicted molar refractivity (Wildman–Crippen MR) is 180 cm³/mol. The Morgan fingerprint density at radius 1 is 0.652 bits per heavy atom. The molecule has 0 saturated carbocycles. The number of carbonyl (C=O) groups is 2. The molecule has 2 fully saturated rings. The molecule has 2 aromatic carbocycles. The molecule has 6 rings (SSSR count). The number of aryl methyl sites for hydroxylation is 1. The number of hydrogen-bond donors (Lipinski definition) is 0. The Bertz CT molecular complexity index is 1880. The Labute approximate surface area is 270 Å². The molecule has 2 saturated heterocycles. The number of rotatable bonds is 2. The average Bonchev–Trinajstić information content (AvgIpc) is 3.46. The van der Waals surface area contributed by atoms with Crippen molar-refractivity contribution in [2.75, 3.05) is 22.9 Å². The molecule has 232 valence electrons. The molecular formula is C39H37FN4O2. The zero-order valence-corrected chi connectivity index (χ0v) is 26.9. The summed E-state index contributed by atoms with van der Waals surface area (Å²) in [5, 5.41) is 0. The fraction of sp³-hybridized carbons (Fsp3) is 0.282. The van der Waals surface area contributed by atoms with E-state index < -0.39 is 0 Å². The van der Waals surface area contributed by atoms with E-state index in [9.17, 15) is 14.0 Å². The second-order valence-corrected chi connectivity index (χ2v) is 13.3. The van der Waals surface area contributed by atoms with Crippen LogP contribution in [-0.4, -0.2) is 34.9 Å². The van der Waals surface area contributed by atoms with E-state index in [1.807, 2.05) is 49.4 Å². The molecule has 0 bridgehead atoms. The number of halogens is 1. The third-order valence-electron chi connectivity index (χ3n) is 7.67. The maximum Gasteiger partial charge on any atom is 0.228 e. The molecule has 7 heteroatoms. The molecule has 0 atom stereocenters.